The molecule has 0 bridgehead atoms. The fraction of sp³-hybridized carbons (Fsp3) is 0.923. The molecule has 3 N–H and O–H groups in total. The Morgan fingerprint density at radius 3 is 2.81 bits per heavy atom. The lowest BCUT2D eigenvalue weighted by Crippen LogP contribution is -2.52. The lowest BCUT2D eigenvalue weighted by Gasteiger charge is -2.38. The summed E-state index contributed by atoms with van der Waals surface area (Å²) in [5.74, 6) is 0.202. The number of hydrogen-bond acceptors (Lipinski definition) is 5. The van der Waals surface area contributed by atoms with Crippen molar-refractivity contribution in [2.75, 3.05) is 38.6 Å². The predicted octanol–water partition coefficient (Wildman–Crippen LogP) is -0.472. The Hall–Kier alpha value is -0.700. The van der Waals surface area contributed by atoms with E-state index in [1.54, 1.807) is 11.8 Å². The van der Waals surface area contributed by atoms with Crippen LogP contribution in [0, 0.1) is 5.92 Å². The summed E-state index contributed by atoms with van der Waals surface area (Å²) >= 11 is 0. The molecule has 0 radical (unpaired) electrons. The smallest absolute Gasteiger partial charge is 0.237 e. The molecule has 0 saturated carbocycles. The van der Waals surface area contributed by atoms with Gasteiger partial charge in [-0.2, -0.15) is 0 Å². The van der Waals surface area contributed by atoms with E-state index in [4.69, 9.17) is 10.5 Å². The maximum atomic E-state index is 12.2. The Bertz CT molecular complexity index is 427. The third-order valence-corrected chi connectivity index (χ3v) is 5.00. The number of hydrogen-bond donors (Lipinski definition) is 2. The van der Waals surface area contributed by atoms with Crippen LogP contribution in [0.3, 0.4) is 0 Å². The fourth-order valence-corrected chi connectivity index (χ4v) is 3.29. The van der Waals surface area contributed by atoms with Crippen molar-refractivity contribution in [2.24, 2.45) is 11.7 Å². The zero-order valence-corrected chi connectivity index (χ0v) is 13.7. The van der Waals surface area contributed by atoms with Crippen molar-refractivity contribution in [1.29, 1.82) is 0 Å². The third-order valence-electron chi connectivity index (χ3n) is 3.71. The predicted molar refractivity (Wildman–Crippen MR) is 81.2 cm³/mol. The van der Waals surface area contributed by atoms with Gasteiger partial charge in [-0.25, -0.2) is 13.1 Å². The van der Waals surface area contributed by atoms with Crippen molar-refractivity contribution in [3.8, 4) is 0 Å². The molecule has 1 saturated heterocycles. The van der Waals surface area contributed by atoms with E-state index < -0.39 is 10.0 Å². The molecule has 0 aliphatic carbocycles. The highest BCUT2D eigenvalue weighted by atomic mass is 32.2. The van der Waals surface area contributed by atoms with Gasteiger partial charge in [-0.05, 0) is 25.7 Å². The molecule has 8 heteroatoms. The lowest BCUT2D eigenvalue weighted by atomic mass is 9.92. The topological polar surface area (TPSA) is 102 Å². The molecule has 1 fully saturated rings. The van der Waals surface area contributed by atoms with E-state index in [1.165, 1.54) is 0 Å². The number of piperidine rings is 1. The maximum absolute atomic E-state index is 12.2. The van der Waals surface area contributed by atoms with Gasteiger partial charge >= 0.3 is 0 Å². The summed E-state index contributed by atoms with van der Waals surface area (Å²) in [5.41, 5.74) is 5.71. The summed E-state index contributed by atoms with van der Waals surface area (Å²) in [5, 5.41) is 0. The first kappa shape index (κ1) is 18.3. The molecule has 1 rings (SSSR count). The molecule has 0 aromatic rings. The molecule has 1 aliphatic heterocycles. The second kappa shape index (κ2) is 8.67. The number of nitrogens with two attached hydrogens (primary N) is 1. The molecule has 1 heterocycles. The van der Waals surface area contributed by atoms with E-state index >= 15 is 0 Å². The maximum Gasteiger partial charge on any atom is 0.237 e. The second-order valence-electron chi connectivity index (χ2n) is 5.44. The Morgan fingerprint density at radius 1 is 1.48 bits per heavy atom. The van der Waals surface area contributed by atoms with Crippen molar-refractivity contribution < 1.29 is 17.9 Å². The number of rotatable bonds is 8. The van der Waals surface area contributed by atoms with Gasteiger partial charge in [-0.15, -0.1) is 0 Å². The first-order valence-electron chi connectivity index (χ1n) is 7.44. The van der Waals surface area contributed by atoms with Crippen LogP contribution in [0.25, 0.3) is 0 Å². The molecule has 21 heavy (non-hydrogen) atoms. The largest absolute Gasteiger partial charge is 0.381 e. The quantitative estimate of drug-likeness (QED) is 0.588. The number of ether oxygens (including phenoxy) is 1. The van der Waals surface area contributed by atoms with Gasteiger partial charge in [-0.3, -0.25) is 4.79 Å². The number of likely N-dealkylation sites (tertiary alicyclic amines) is 1. The molecule has 7 nitrogen and oxygen atoms in total. The summed E-state index contributed by atoms with van der Waals surface area (Å²) < 4.78 is 30.8. The molecule has 0 aromatic carbocycles. The molecule has 1 aliphatic rings. The minimum Gasteiger partial charge on any atom is -0.381 e. The fourth-order valence-electron chi connectivity index (χ4n) is 2.46. The molecular formula is C13H27N3O4S. The minimum atomic E-state index is -3.48. The molecule has 1 amide bonds. The van der Waals surface area contributed by atoms with Crippen LogP contribution >= 0.6 is 0 Å². The Labute approximate surface area is 127 Å². The van der Waals surface area contributed by atoms with Crippen LogP contribution in [0.5, 0.6) is 0 Å². The number of carbonyl (C=O) groups is 1. The number of sulfonamides is 1. The Balaban J connectivity index is 2.45. The van der Waals surface area contributed by atoms with Gasteiger partial charge in [0.05, 0.1) is 18.9 Å². The molecule has 124 valence electrons. The lowest BCUT2D eigenvalue weighted by molar-refractivity contribution is -0.133. The summed E-state index contributed by atoms with van der Waals surface area (Å²) in [7, 11) is -3.48. The molecule has 2 unspecified atom stereocenters. The van der Waals surface area contributed by atoms with Crippen LogP contribution < -0.4 is 10.5 Å². The number of carbonyl (C=O) groups excluding carboxylic acids is 1. The molecule has 0 spiro atoms. The van der Waals surface area contributed by atoms with Crippen molar-refractivity contribution in [3.63, 3.8) is 0 Å². The van der Waals surface area contributed by atoms with E-state index in [2.05, 4.69) is 11.6 Å². The number of amides is 1. The number of nitrogens with zero attached hydrogens (tertiary/aromatic N) is 1. The van der Waals surface area contributed by atoms with Crippen molar-refractivity contribution in [1.82, 2.24) is 9.62 Å². The molecule has 0 aromatic heterocycles. The van der Waals surface area contributed by atoms with E-state index in [9.17, 15) is 13.2 Å². The summed E-state index contributed by atoms with van der Waals surface area (Å²) in [6, 6.07) is 0.00850. The van der Waals surface area contributed by atoms with Crippen molar-refractivity contribution >= 4 is 15.9 Å². The molecular weight excluding hydrogens is 294 g/mol. The first-order chi connectivity index (χ1) is 9.89. The van der Waals surface area contributed by atoms with Crippen LogP contribution in [0.1, 0.15) is 26.7 Å². The van der Waals surface area contributed by atoms with E-state index in [1.807, 2.05) is 0 Å². The van der Waals surface area contributed by atoms with Gasteiger partial charge in [0.15, 0.2) is 0 Å². The highest BCUT2D eigenvalue weighted by Crippen LogP contribution is 2.21. The first-order valence-corrected chi connectivity index (χ1v) is 9.09. The number of nitrogens with one attached hydrogen (secondary N) is 1. The van der Waals surface area contributed by atoms with E-state index in [0.717, 1.165) is 12.8 Å². The second-order valence-corrected chi connectivity index (χ2v) is 7.37. The summed E-state index contributed by atoms with van der Waals surface area (Å²) in [6.07, 6.45) is 1.80. The van der Waals surface area contributed by atoms with Gasteiger partial charge in [0.1, 0.15) is 0 Å². The van der Waals surface area contributed by atoms with Crippen molar-refractivity contribution in [3.05, 3.63) is 0 Å². The zero-order chi connectivity index (χ0) is 15.9. The van der Waals surface area contributed by atoms with E-state index in [0.29, 0.717) is 25.6 Å². The highest BCUT2D eigenvalue weighted by molar-refractivity contribution is 7.89. The van der Waals surface area contributed by atoms with Gasteiger partial charge in [0.25, 0.3) is 0 Å². The van der Waals surface area contributed by atoms with Crippen LogP contribution in [0.2, 0.25) is 0 Å². The third kappa shape index (κ3) is 6.29. The average molecular weight is 321 g/mol. The van der Waals surface area contributed by atoms with Gasteiger partial charge in [-0.1, -0.05) is 6.92 Å². The SMILES string of the molecule is CCOCCS(=O)(=O)NCC(=O)N1CCC(C)CC1CN. The van der Waals surface area contributed by atoms with Crippen LogP contribution in [-0.4, -0.2) is 63.9 Å². The standard InChI is InChI=1S/C13H27N3O4S/c1-3-20-6-7-21(18,19)15-10-13(17)16-5-4-11(2)8-12(16)9-14/h11-12,15H,3-10,14H2,1-2H3. The van der Waals surface area contributed by atoms with Gasteiger partial charge in [0.2, 0.25) is 15.9 Å². The van der Waals surface area contributed by atoms with Crippen LogP contribution in [-0.2, 0) is 19.6 Å². The Morgan fingerprint density at radius 2 is 2.19 bits per heavy atom. The van der Waals surface area contributed by atoms with E-state index in [-0.39, 0.29) is 30.9 Å². The highest BCUT2D eigenvalue weighted by Gasteiger charge is 2.29. The van der Waals surface area contributed by atoms with Crippen LogP contribution in [0.4, 0.5) is 0 Å². The molecule has 2 atom stereocenters. The Kier molecular flexibility index (Phi) is 7.58. The summed E-state index contributed by atoms with van der Waals surface area (Å²) in [4.78, 5) is 13.9. The van der Waals surface area contributed by atoms with Crippen molar-refractivity contribution in [2.45, 2.75) is 32.7 Å². The monoisotopic (exact) mass is 321 g/mol. The minimum absolute atomic E-state index is 0.00850. The normalized spacial score (nSPS) is 23.3. The zero-order valence-electron chi connectivity index (χ0n) is 12.9. The summed E-state index contributed by atoms with van der Waals surface area (Å²) in [6.45, 7) is 5.38. The average Bonchev–Trinajstić information content (AvgIpc) is 2.45. The van der Waals surface area contributed by atoms with Gasteiger partial charge < -0.3 is 15.4 Å². The van der Waals surface area contributed by atoms with Gasteiger partial charge in [0, 0.05) is 25.7 Å². The van der Waals surface area contributed by atoms with Crippen LogP contribution in [0.15, 0.2) is 0 Å².